The van der Waals surface area contributed by atoms with E-state index < -0.39 is 17.7 Å². The molecule has 0 spiro atoms. The molecule has 2 heterocycles. The van der Waals surface area contributed by atoms with E-state index in [1.165, 1.54) is 25.5 Å². The van der Waals surface area contributed by atoms with Gasteiger partial charge in [-0.15, -0.1) is 0 Å². The molecule has 182 valence electrons. The number of methoxy groups -OCH3 is 1. The summed E-state index contributed by atoms with van der Waals surface area (Å²) in [5.41, 5.74) is 11.9. The molecular weight excluding hydrogens is 464 g/mol. The molecule has 0 aliphatic carbocycles. The maximum absolute atomic E-state index is 12.9. The molecule has 0 unspecified atom stereocenters. The minimum Gasteiger partial charge on any atom is -0.493 e. The third-order valence-electron chi connectivity index (χ3n) is 5.02. The highest BCUT2D eigenvalue weighted by molar-refractivity contribution is 6.07. The molecule has 0 saturated heterocycles. The molecule has 0 atom stereocenters. The molecule has 2 aromatic carbocycles. The lowest BCUT2D eigenvalue weighted by atomic mass is 10.1. The lowest BCUT2D eigenvalue weighted by molar-refractivity contribution is -0.120. The number of para-hydroxylation sites is 1. The molecule has 0 fully saturated rings. The largest absolute Gasteiger partial charge is 0.493 e. The Balaban J connectivity index is 1.44. The van der Waals surface area contributed by atoms with Gasteiger partial charge in [0.25, 0.3) is 17.7 Å². The molecular formula is C26H22N4O6. The molecule has 10 nitrogen and oxygen atoms in total. The number of aromatic nitrogens is 1. The number of primary amides is 1. The van der Waals surface area contributed by atoms with E-state index in [4.69, 9.17) is 19.6 Å². The third kappa shape index (κ3) is 5.68. The summed E-state index contributed by atoms with van der Waals surface area (Å²) >= 11 is 0. The van der Waals surface area contributed by atoms with Gasteiger partial charge in [0.2, 0.25) is 0 Å². The molecule has 0 saturated carbocycles. The van der Waals surface area contributed by atoms with Crippen molar-refractivity contribution in [3.63, 3.8) is 0 Å². The van der Waals surface area contributed by atoms with Gasteiger partial charge >= 0.3 is 0 Å². The summed E-state index contributed by atoms with van der Waals surface area (Å²) in [6, 6.07) is 17.1. The molecule has 2 aromatic heterocycles. The van der Waals surface area contributed by atoms with Crippen molar-refractivity contribution in [1.29, 1.82) is 0 Å². The SMILES string of the molecule is COc1cc(/C=C/C(=O)NNC(=O)c2cc(-c3ccco3)nc3ccccc23)ccc1OCC(N)=O. The number of nitrogens with one attached hydrogen (secondary N) is 2. The molecule has 0 aliphatic rings. The predicted molar refractivity (Wildman–Crippen MR) is 132 cm³/mol. The Bertz CT molecular complexity index is 1450. The van der Waals surface area contributed by atoms with Crippen LogP contribution in [-0.2, 0) is 9.59 Å². The number of furan rings is 1. The Morgan fingerprint density at radius 3 is 2.61 bits per heavy atom. The summed E-state index contributed by atoms with van der Waals surface area (Å²) in [5.74, 6) is -0.464. The number of nitrogens with two attached hydrogens (primary N) is 1. The maximum atomic E-state index is 12.9. The number of hydrogen-bond acceptors (Lipinski definition) is 7. The first-order chi connectivity index (χ1) is 17.4. The molecule has 0 bridgehead atoms. The van der Waals surface area contributed by atoms with Gasteiger partial charge in [-0.1, -0.05) is 24.3 Å². The molecule has 36 heavy (non-hydrogen) atoms. The summed E-state index contributed by atoms with van der Waals surface area (Å²) in [7, 11) is 1.45. The summed E-state index contributed by atoms with van der Waals surface area (Å²) in [4.78, 5) is 40.7. The van der Waals surface area contributed by atoms with Crippen molar-refractivity contribution in [2.45, 2.75) is 0 Å². The fourth-order valence-electron chi connectivity index (χ4n) is 3.37. The van der Waals surface area contributed by atoms with E-state index in [9.17, 15) is 14.4 Å². The van der Waals surface area contributed by atoms with Crippen molar-refractivity contribution in [3.8, 4) is 23.0 Å². The third-order valence-corrected chi connectivity index (χ3v) is 5.02. The zero-order valence-electron chi connectivity index (χ0n) is 19.2. The van der Waals surface area contributed by atoms with Gasteiger partial charge < -0.3 is 19.6 Å². The lowest BCUT2D eigenvalue weighted by Gasteiger charge is -2.10. The zero-order chi connectivity index (χ0) is 25.5. The van der Waals surface area contributed by atoms with Crippen molar-refractivity contribution >= 4 is 34.7 Å². The summed E-state index contributed by atoms with van der Waals surface area (Å²) in [6.45, 7) is -0.288. The number of pyridine rings is 1. The van der Waals surface area contributed by atoms with E-state index in [1.807, 2.05) is 6.07 Å². The van der Waals surface area contributed by atoms with Crippen LogP contribution in [0.25, 0.3) is 28.4 Å². The number of ether oxygens (including phenoxy) is 2. The standard InChI is InChI=1S/C26H22N4O6/c1-34-23-13-16(8-10-22(23)36-15-24(27)31)9-11-25(32)29-30-26(33)18-14-20(21-7-4-12-35-21)28-19-6-3-2-5-17(18)19/h2-14H,15H2,1H3,(H2,27,31)(H,29,32)(H,30,33)/b11-9+. The van der Waals surface area contributed by atoms with Crippen LogP contribution in [-0.4, -0.2) is 36.4 Å². The number of hydrazine groups is 1. The fourth-order valence-corrected chi connectivity index (χ4v) is 3.37. The highest BCUT2D eigenvalue weighted by Gasteiger charge is 2.15. The Labute approximate surface area is 205 Å². The van der Waals surface area contributed by atoms with Crippen LogP contribution in [0.15, 0.2) is 77.4 Å². The van der Waals surface area contributed by atoms with Gasteiger partial charge in [0.15, 0.2) is 23.9 Å². The first-order valence-electron chi connectivity index (χ1n) is 10.8. The van der Waals surface area contributed by atoms with Gasteiger partial charge in [-0.25, -0.2) is 4.98 Å². The fraction of sp³-hybridized carbons (Fsp3) is 0.0769. The quantitative estimate of drug-likeness (QED) is 0.256. The average molecular weight is 486 g/mol. The number of benzene rings is 2. The van der Waals surface area contributed by atoms with Crippen LogP contribution >= 0.6 is 0 Å². The highest BCUT2D eigenvalue weighted by Crippen LogP contribution is 2.28. The second-order valence-corrected chi connectivity index (χ2v) is 7.49. The van der Waals surface area contributed by atoms with Gasteiger partial charge in [-0.2, -0.15) is 0 Å². The maximum Gasteiger partial charge on any atom is 0.270 e. The second-order valence-electron chi connectivity index (χ2n) is 7.49. The van der Waals surface area contributed by atoms with E-state index in [0.717, 1.165) is 0 Å². The Morgan fingerprint density at radius 1 is 1.03 bits per heavy atom. The van der Waals surface area contributed by atoms with Gasteiger partial charge in [0.1, 0.15) is 5.69 Å². The van der Waals surface area contributed by atoms with Crippen molar-refractivity contribution in [2.24, 2.45) is 5.73 Å². The molecule has 3 amide bonds. The molecule has 4 N–H and O–H groups in total. The first kappa shape index (κ1) is 24.0. The van der Waals surface area contributed by atoms with E-state index >= 15 is 0 Å². The van der Waals surface area contributed by atoms with E-state index in [0.29, 0.717) is 45.0 Å². The van der Waals surface area contributed by atoms with Gasteiger partial charge in [-0.05, 0) is 48.0 Å². The van der Waals surface area contributed by atoms with Crippen LogP contribution in [0.3, 0.4) is 0 Å². The normalized spacial score (nSPS) is 10.8. The minimum atomic E-state index is -0.614. The predicted octanol–water partition coefficient (Wildman–Crippen LogP) is 2.84. The van der Waals surface area contributed by atoms with Gasteiger partial charge in [-0.3, -0.25) is 25.2 Å². The smallest absolute Gasteiger partial charge is 0.270 e. The summed E-state index contributed by atoms with van der Waals surface area (Å²) < 4.78 is 15.9. The highest BCUT2D eigenvalue weighted by atomic mass is 16.5. The Morgan fingerprint density at radius 2 is 1.86 bits per heavy atom. The van der Waals surface area contributed by atoms with Crippen LogP contribution < -0.4 is 26.1 Å². The molecule has 0 radical (unpaired) electrons. The number of carbonyl (C=O) groups is 3. The topological polar surface area (TPSA) is 146 Å². The van der Waals surface area contributed by atoms with Crippen molar-refractivity contribution in [3.05, 3.63) is 84.1 Å². The zero-order valence-corrected chi connectivity index (χ0v) is 19.2. The molecule has 4 rings (SSSR count). The summed E-state index contributed by atoms with van der Waals surface area (Å²) in [5, 5.41) is 0.626. The second kappa shape index (κ2) is 10.9. The van der Waals surface area contributed by atoms with Gasteiger partial charge in [0, 0.05) is 11.5 Å². The van der Waals surface area contributed by atoms with Crippen LogP contribution in [0.2, 0.25) is 0 Å². The van der Waals surface area contributed by atoms with Crippen molar-refractivity contribution in [1.82, 2.24) is 15.8 Å². The van der Waals surface area contributed by atoms with Gasteiger partial charge in [0.05, 0.1) is 24.5 Å². The van der Waals surface area contributed by atoms with Crippen LogP contribution in [0, 0.1) is 0 Å². The summed E-state index contributed by atoms with van der Waals surface area (Å²) in [6.07, 6.45) is 4.30. The lowest BCUT2D eigenvalue weighted by Crippen LogP contribution is -2.40. The Hall–Kier alpha value is -5.12. The number of nitrogens with zero attached hydrogens (tertiary/aromatic N) is 1. The van der Waals surface area contributed by atoms with E-state index in [1.54, 1.807) is 54.6 Å². The van der Waals surface area contributed by atoms with E-state index in [-0.39, 0.29) is 6.61 Å². The molecule has 0 aliphatic heterocycles. The average Bonchev–Trinajstić information content (AvgIpc) is 3.44. The Kier molecular flexibility index (Phi) is 7.25. The first-order valence-corrected chi connectivity index (χ1v) is 10.8. The number of amides is 3. The van der Waals surface area contributed by atoms with Crippen LogP contribution in [0.4, 0.5) is 0 Å². The van der Waals surface area contributed by atoms with Crippen molar-refractivity contribution < 1.29 is 28.3 Å². The number of rotatable bonds is 8. The van der Waals surface area contributed by atoms with Crippen molar-refractivity contribution in [2.75, 3.05) is 13.7 Å². The number of hydrogen-bond donors (Lipinski definition) is 3. The molecule has 10 heteroatoms. The monoisotopic (exact) mass is 486 g/mol. The van der Waals surface area contributed by atoms with Crippen LogP contribution in [0.5, 0.6) is 11.5 Å². The number of carbonyl (C=O) groups excluding carboxylic acids is 3. The molecule has 4 aromatic rings. The minimum absolute atomic E-state index is 0.288. The van der Waals surface area contributed by atoms with Crippen LogP contribution in [0.1, 0.15) is 15.9 Å². The number of fused-ring (bicyclic) bond motifs is 1. The van der Waals surface area contributed by atoms with E-state index in [2.05, 4.69) is 15.8 Å².